The zero-order valence-corrected chi connectivity index (χ0v) is 11.3. The van der Waals surface area contributed by atoms with E-state index in [0.717, 1.165) is 6.54 Å². The molecule has 2 rings (SSSR count). The molecule has 1 fully saturated rings. The third kappa shape index (κ3) is 2.73. The molecule has 0 saturated carbocycles. The molecule has 1 aromatic rings. The van der Waals surface area contributed by atoms with Gasteiger partial charge in [0.1, 0.15) is 0 Å². The van der Waals surface area contributed by atoms with Crippen LogP contribution in [0.1, 0.15) is 11.7 Å². The topological polar surface area (TPSA) is 37.7 Å². The summed E-state index contributed by atoms with van der Waals surface area (Å²) in [6.07, 6.45) is 2.02. The fraction of sp³-hybridized carbons (Fsp3) is 0.615. The average Bonchev–Trinajstić information content (AvgIpc) is 2.76. The number of rotatable bonds is 3. The Kier molecular flexibility index (Phi) is 4.04. The van der Waals surface area contributed by atoms with E-state index < -0.39 is 0 Å². The number of amides is 1. The van der Waals surface area contributed by atoms with Crippen LogP contribution >= 0.6 is 0 Å². The molecular formula is C13H21N3O2. The van der Waals surface area contributed by atoms with Crippen molar-refractivity contribution in [1.29, 1.82) is 0 Å². The lowest BCUT2D eigenvalue weighted by Crippen LogP contribution is -2.45. The van der Waals surface area contributed by atoms with E-state index in [-0.39, 0.29) is 11.9 Å². The van der Waals surface area contributed by atoms with Crippen molar-refractivity contribution in [1.82, 2.24) is 14.4 Å². The maximum Gasteiger partial charge on any atom is 0.236 e. The van der Waals surface area contributed by atoms with Crippen molar-refractivity contribution >= 4 is 5.91 Å². The van der Waals surface area contributed by atoms with Crippen LogP contribution in [0.25, 0.3) is 0 Å². The van der Waals surface area contributed by atoms with E-state index >= 15 is 0 Å². The molecule has 5 heteroatoms. The van der Waals surface area contributed by atoms with Gasteiger partial charge in [0.15, 0.2) is 0 Å². The lowest BCUT2D eigenvalue weighted by Gasteiger charge is -2.35. The summed E-state index contributed by atoms with van der Waals surface area (Å²) in [5.74, 6) is 0.135. The molecule has 1 atom stereocenters. The standard InChI is InChI=1S/C13H21N3O2/c1-14(2)13(17)9-16-7-8-18-10-12(16)11-5-4-6-15(11)3/h4-6,12H,7-10H2,1-3H3. The Morgan fingerprint density at radius 3 is 2.94 bits per heavy atom. The van der Waals surface area contributed by atoms with Gasteiger partial charge in [0.2, 0.25) is 5.91 Å². The summed E-state index contributed by atoms with van der Waals surface area (Å²) in [4.78, 5) is 15.7. The maximum absolute atomic E-state index is 11.8. The van der Waals surface area contributed by atoms with Crippen molar-refractivity contribution in [2.45, 2.75) is 6.04 Å². The van der Waals surface area contributed by atoms with Crippen LogP contribution in [0, 0.1) is 0 Å². The quantitative estimate of drug-likeness (QED) is 0.784. The molecule has 2 heterocycles. The van der Waals surface area contributed by atoms with Crippen molar-refractivity contribution in [3.8, 4) is 0 Å². The van der Waals surface area contributed by atoms with E-state index in [9.17, 15) is 4.79 Å². The molecule has 1 saturated heterocycles. The highest BCUT2D eigenvalue weighted by Crippen LogP contribution is 2.23. The number of likely N-dealkylation sites (N-methyl/N-ethyl adjacent to an activating group) is 1. The van der Waals surface area contributed by atoms with Crippen LogP contribution in [-0.2, 0) is 16.6 Å². The van der Waals surface area contributed by atoms with E-state index in [2.05, 4.69) is 15.5 Å². The number of ether oxygens (including phenoxy) is 1. The Morgan fingerprint density at radius 1 is 1.56 bits per heavy atom. The number of aryl methyl sites for hydroxylation is 1. The second-order valence-electron chi connectivity index (χ2n) is 4.89. The first kappa shape index (κ1) is 13.1. The van der Waals surface area contributed by atoms with Crippen LogP contribution in [0.15, 0.2) is 18.3 Å². The van der Waals surface area contributed by atoms with Crippen LogP contribution in [0.2, 0.25) is 0 Å². The normalized spacial score (nSPS) is 20.9. The first-order valence-electron chi connectivity index (χ1n) is 6.23. The Bertz CT molecular complexity index is 414. The maximum atomic E-state index is 11.8. The molecule has 1 aromatic heterocycles. The average molecular weight is 251 g/mol. The minimum absolute atomic E-state index is 0.135. The van der Waals surface area contributed by atoms with Crippen LogP contribution in [0.3, 0.4) is 0 Å². The Balaban J connectivity index is 2.11. The first-order valence-corrected chi connectivity index (χ1v) is 6.23. The number of aromatic nitrogens is 1. The van der Waals surface area contributed by atoms with Crippen molar-refractivity contribution in [3.63, 3.8) is 0 Å². The van der Waals surface area contributed by atoms with Gasteiger partial charge < -0.3 is 14.2 Å². The fourth-order valence-corrected chi connectivity index (χ4v) is 2.24. The number of morpholine rings is 1. The molecule has 0 N–H and O–H groups in total. The number of carbonyl (C=O) groups excluding carboxylic acids is 1. The van der Waals surface area contributed by atoms with E-state index in [1.807, 2.05) is 19.3 Å². The summed E-state index contributed by atoms with van der Waals surface area (Å²) in [6.45, 7) is 2.60. The molecular weight excluding hydrogens is 230 g/mol. The highest BCUT2D eigenvalue weighted by atomic mass is 16.5. The van der Waals surface area contributed by atoms with Gasteiger partial charge in [0, 0.05) is 39.6 Å². The first-order chi connectivity index (χ1) is 8.59. The molecule has 0 spiro atoms. The summed E-state index contributed by atoms with van der Waals surface area (Å²) in [5, 5.41) is 0. The number of hydrogen-bond donors (Lipinski definition) is 0. The molecule has 1 aliphatic heterocycles. The third-order valence-corrected chi connectivity index (χ3v) is 3.40. The smallest absolute Gasteiger partial charge is 0.236 e. The predicted molar refractivity (Wildman–Crippen MR) is 69.2 cm³/mol. The van der Waals surface area contributed by atoms with E-state index in [1.165, 1.54) is 5.69 Å². The fourth-order valence-electron chi connectivity index (χ4n) is 2.24. The molecule has 18 heavy (non-hydrogen) atoms. The zero-order chi connectivity index (χ0) is 13.1. The van der Waals surface area contributed by atoms with Crippen LogP contribution in [0.4, 0.5) is 0 Å². The Hall–Kier alpha value is -1.33. The molecule has 0 aliphatic carbocycles. The van der Waals surface area contributed by atoms with Crippen molar-refractivity contribution < 1.29 is 9.53 Å². The van der Waals surface area contributed by atoms with Crippen molar-refractivity contribution in [2.75, 3.05) is 40.4 Å². The predicted octanol–water partition coefficient (Wildman–Crippen LogP) is 0.487. The summed E-state index contributed by atoms with van der Waals surface area (Å²) >= 11 is 0. The minimum atomic E-state index is 0.135. The second-order valence-corrected chi connectivity index (χ2v) is 4.89. The van der Waals surface area contributed by atoms with Crippen LogP contribution in [-0.4, -0.2) is 60.7 Å². The molecule has 0 bridgehead atoms. The van der Waals surface area contributed by atoms with Crippen molar-refractivity contribution in [3.05, 3.63) is 24.0 Å². The molecule has 0 radical (unpaired) electrons. The SMILES string of the molecule is CN(C)C(=O)CN1CCOCC1c1cccn1C. The summed E-state index contributed by atoms with van der Waals surface area (Å²) in [7, 11) is 5.61. The van der Waals surface area contributed by atoms with Gasteiger partial charge >= 0.3 is 0 Å². The molecule has 1 unspecified atom stereocenters. The summed E-state index contributed by atoms with van der Waals surface area (Å²) in [6, 6.07) is 4.28. The van der Waals surface area contributed by atoms with Gasteiger partial charge in [-0.25, -0.2) is 0 Å². The van der Waals surface area contributed by atoms with Gasteiger partial charge in [-0.05, 0) is 12.1 Å². The van der Waals surface area contributed by atoms with Gasteiger partial charge in [0.05, 0.1) is 25.8 Å². The van der Waals surface area contributed by atoms with Crippen LogP contribution in [0.5, 0.6) is 0 Å². The number of carbonyl (C=O) groups is 1. The molecule has 0 aromatic carbocycles. The van der Waals surface area contributed by atoms with Gasteiger partial charge in [0.25, 0.3) is 0 Å². The van der Waals surface area contributed by atoms with Gasteiger partial charge in [-0.1, -0.05) is 0 Å². The Labute approximate surface area is 108 Å². The van der Waals surface area contributed by atoms with E-state index in [0.29, 0.717) is 19.8 Å². The lowest BCUT2D eigenvalue weighted by molar-refractivity contribution is -0.132. The molecule has 1 amide bonds. The number of nitrogens with zero attached hydrogens (tertiary/aromatic N) is 3. The summed E-state index contributed by atoms with van der Waals surface area (Å²) in [5.41, 5.74) is 1.20. The monoisotopic (exact) mass is 251 g/mol. The van der Waals surface area contributed by atoms with E-state index in [1.54, 1.807) is 19.0 Å². The second kappa shape index (κ2) is 5.54. The van der Waals surface area contributed by atoms with Gasteiger partial charge in [-0.3, -0.25) is 9.69 Å². The molecule has 100 valence electrons. The van der Waals surface area contributed by atoms with Crippen molar-refractivity contribution in [2.24, 2.45) is 7.05 Å². The minimum Gasteiger partial charge on any atom is -0.378 e. The molecule has 5 nitrogen and oxygen atoms in total. The molecule has 1 aliphatic rings. The largest absolute Gasteiger partial charge is 0.378 e. The highest BCUT2D eigenvalue weighted by molar-refractivity contribution is 5.77. The van der Waals surface area contributed by atoms with E-state index in [4.69, 9.17) is 4.74 Å². The zero-order valence-electron chi connectivity index (χ0n) is 11.3. The van der Waals surface area contributed by atoms with Gasteiger partial charge in [-0.2, -0.15) is 0 Å². The Morgan fingerprint density at radius 2 is 2.33 bits per heavy atom. The summed E-state index contributed by atoms with van der Waals surface area (Å²) < 4.78 is 7.64. The third-order valence-electron chi connectivity index (χ3n) is 3.40. The highest BCUT2D eigenvalue weighted by Gasteiger charge is 2.28. The van der Waals surface area contributed by atoms with Crippen LogP contribution < -0.4 is 0 Å². The lowest BCUT2D eigenvalue weighted by atomic mass is 10.1. The number of hydrogen-bond acceptors (Lipinski definition) is 3. The van der Waals surface area contributed by atoms with Gasteiger partial charge in [-0.15, -0.1) is 0 Å².